The lowest BCUT2D eigenvalue weighted by molar-refractivity contribution is -0.0590. The van der Waals surface area contributed by atoms with Crippen molar-refractivity contribution in [2.45, 2.75) is 41.4 Å². The van der Waals surface area contributed by atoms with Crippen LogP contribution in [0.5, 0.6) is 0 Å². The van der Waals surface area contributed by atoms with E-state index < -0.39 is 29.0 Å². The molecule has 0 aliphatic heterocycles. The molecular weight excluding hydrogens is 451 g/mol. The van der Waals surface area contributed by atoms with E-state index >= 15 is 0 Å². The van der Waals surface area contributed by atoms with Crippen LogP contribution in [0.15, 0.2) is 35.2 Å². The third-order valence-electron chi connectivity index (χ3n) is 6.11. The molecule has 2 bridgehead atoms. The van der Waals surface area contributed by atoms with Gasteiger partial charge in [-0.05, 0) is 55.7 Å². The van der Waals surface area contributed by atoms with Crippen molar-refractivity contribution in [3.05, 3.63) is 58.4 Å². The van der Waals surface area contributed by atoms with Crippen LogP contribution in [0.25, 0.3) is 0 Å². The number of carbonyl (C=O) groups excluding carboxylic acids is 1. The number of aliphatic hydroxyl groups excluding tert-OH is 1. The van der Waals surface area contributed by atoms with Gasteiger partial charge in [0.25, 0.3) is 5.91 Å². The Hall–Kier alpha value is -1.74. The fraction of sp³-hybridized carbons (Fsp3) is 0.409. The summed E-state index contributed by atoms with van der Waals surface area (Å²) in [5.41, 5.74) is -0.986. The van der Waals surface area contributed by atoms with Crippen molar-refractivity contribution in [1.82, 2.24) is 0 Å². The molecule has 2 saturated carbocycles. The Morgan fingerprint density at radius 3 is 2.32 bits per heavy atom. The molecule has 2 aliphatic carbocycles. The largest absolute Gasteiger partial charge is 0.393 e. The van der Waals surface area contributed by atoms with Crippen LogP contribution in [0.3, 0.4) is 0 Å². The van der Waals surface area contributed by atoms with Gasteiger partial charge in [0.1, 0.15) is 0 Å². The summed E-state index contributed by atoms with van der Waals surface area (Å²) in [5.74, 6) is -4.51. The quantitative estimate of drug-likeness (QED) is 0.536. The van der Waals surface area contributed by atoms with E-state index in [4.69, 9.17) is 11.6 Å². The SMILES string of the molecule is O=C(Nc1cc(F)c(F)c(F)c1)c1ccc(Cl)c(S[C@H]2C3CC[C@H]2C[C@](O)(CO)C3)c1. The van der Waals surface area contributed by atoms with Crippen molar-refractivity contribution in [3.63, 3.8) is 0 Å². The third kappa shape index (κ3) is 4.58. The summed E-state index contributed by atoms with van der Waals surface area (Å²) >= 11 is 7.91. The molecule has 4 atom stereocenters. The maximum atomic E-state index is 13.4. The van der Waals surface area contributed by atoms with Crippen LogP contribution in [0.2, 0.25) is 5.02 Å². The summed E-state index contributed by atoms with van der Waals surface area (Å²) < 4.78 is 39.9. The average molecular weight is 472 g/mol. The second-order valence-electron chi connectivity index (χ2n) is 8.32. The summed E-state index contributed by atoms with van der Waals surface area (Å²) in [6.45, 7) is -0.252. The van der Waals surface area contributed by atoms with E-state index in [-0.39, 0.29) is 34.9 Å². The van der Waals surface area contributed by atoms with Gasteiger partial charge in [0.2, 0.25) is 0 Å². The van der Waals surface area contributed by atoms with E-state index in [0.717, 1.165) is 12.8 Å². The van der Waals surface area contributed by atoms with Crippen LogP contribution in [0.4, 0.5) is 18.9 Å². The third-order valence-corrected chi connectivity index (χ3v) is 8.19. The second-order valence-corrected chi connectivity index (χ2v) is 9.95. The molecule has 2 aromatic carbocycles. The first kappa shape index (κ1) is 22.5. The lowest BCUT2D eigenvalue weighted by atomic mass is 9.77. The first-order valence-corrected chi connectivity index (χ1v) is 11.2. The summed E-state index contributed by atoms with van der Waals surface area (Å²) in [6.07, 6.45) is 2.97. The standard InChI is InChI=1S/C22H21ClF3NO3S/c23-15-4-3-11(21(29)27-14-6-16(24)19(26)17(25)7-14)5-18(15)31-20-12-1-2-13(20)9-22(30,8-12)10-28/h3-7,12-13,20,28,30H,1-2,8-10H2,(H,27,29)/t12-,13?,20+,22+/m0/s1. The van der Waals surface area contributed by atoms with E-state index in [1.165, 1.54) is 6.07 Å². The van der Waals surface area contributed by atoms with Gasteiger partial charge in [-0.3, -0.25) is 4.79 Å². The molecule has 2 aliphatic rings. The van der Waals surface area contributed by atoms with Gasteiger partial charge in [0.05, 0.1) is 17.2 Å². The molecule has 0 radical (unpaired) electrons. The zero-order valence-electron chi connectivity index (χ0n) is 16.4. The van der Waals surface area contributed by atoms with Gasteiger partial charge in [0.15, 0.2) is 17.5 Å². The molecule has 4 rings (SSSR count). The number of fused-ring (bicyclic) bond motifs is 2. The zero-order chi connectivity index (χ0) is 22.3. The minimum absolute atomic E-state index is 0.195. The number of benzene rings is 2. The maximum Gasteiger partial charge on any atom is 0.255 e. The zero-order valence-corrected chi connectivity index (χ0v) is 17.9. The highest BCUT2D eigenvalue weighted by Gasteiger charge is 2.49. The van der Waals surface area contributed by atoms with Gasteiger partial charge in [-0.2, -0.15) is 0 Å². The van der Waals surface area contributed by atoms with Crippen molar-refractivity contribution < 1.29 is 28.2 Å². The Bertz CT molecular complexity index is 984. The van der Waals surface area contributed by atoms with Gasteiger partial charge in [-0.1, -0.05) is 11.6 Å². The van der Waals surface area contributed by atoms with Crippen molar-refractivity contribution in [3.8, 4) is 0 Å². The summed E-state index contributed by atoms with van der Waals surface area (Å²) in [4.78, 5) is 13.3. The summed E-state index contributed by atoms with van der Waals surface area (Å²) in [7, 11) is 0. The average Bonchev–Trinajstić information content (AvgIpc) is 2.97. The predicted octanol–water partition coefficient (Wildman–Crippen LogP) is 5.01. The van der Waals surface area contributed by atoms with Gasteiger partial charge >= 0.3 is 0 Å². The van der Waals surface area contributed by atoms with Gasteiger partial charge in [-0.15, -0.1) is 11.8 Å². The number of carbonyl (C=O) groups is 1. The minimum atomic E-state index is -1.60. The van der Waals surface area contributed by atoms with Crippen LogP contribution >= 0.6 is 23.4 Å². The first-order chi connectivity index (χ1) is 14.7. The molecule has 31 heavy (non-hydrogen) atoms. The molecule has 1 amide bonds. The first-order valence-electron chi connectivity index (χ1n) is 9.94. The maximum absolute atomic E-state index is 13.4. The number of amides is 1. The molecule has 0 spiro atoms. The molecule has 166 valence electrons. The Morgan fingerprint density at radius 2 is 1.74 bits per heavy atom. The van der Waals surface area contributed by atoms with Gasteiger partial charge < -0.3 is 15.5 Å². The van der Waals surface area contributed by atoms with Crippen molar-refractivity contribution in [2.75, 3.05) is 11.9 Å². The van der Waals surface area contributed by atoms with Crippen molar-refractivity contribution >= 4 is 35.0 Å². The number of hydrogen-bond acceptors (Lipinski definition) is 4. The topological polar surface area (TPSA) is 69.6 Å². The van der Waals surface area contributed by atoms with Gasteiger partial charge in [0, 0.05) is 33.5 Å². The molecule has 0 aromatic heterocycles. The molecule has 0 heterocycles. The fourth-order valence-electron chi connectivity index (χ4n) is 4.67. The second kappa shape index (κ2) is 8.65. The van der Waals surface area contributed by atoms with Crippen LogP contribution in [-0.2, 0) is 0 Å². The number of anilines is 1. The molecule has 3 N–H and O–H groups in total. The van der Waals surface area contributed by atoms with Crippen molar-refractivity contribution in [2.24, 2.45) is 11.8 Å². The number of hydrogen-bond donors (Lipinski definition) is 3. The fourth-order valence-corrected chi connectivity index (χ4v) is 6.44. The molecule has 9 heteroatoms. The van der Waals surface area contributed by atoms with Crippen molar-refractivity contribution in [1.29, 1.82) is 0 Å². The van der Waals surface area contributed by atoms with Crippen LogP contribution in [0, 0.1) is 29.3 Å². The van der Waals surface area contributed by atoms with E-state index in [0.29, 0.717) is 34.9 Å². The Labute approximate surface area is 186 Å². The van der Waals surface area contributed by atoms with Crippen LogP contribution in [-0.4, -0.2) is 33.6 Å². The normalized spacial score (nSPS) is 27.4. The number of aliphatic hydroxyl groups is 2. The highest BCUT2D eigenvalue weighted by Crippen LogP contribution is 2.53. The van der Waals surface area contributed by atoms with E-state index in [1.54, 1.807) is 23.9 Å². The molecule has 4 nitrogen and oxygen atoms in total. The smallest absolute Gasteiger partial charge is 0.255 e. The molecule has 2 fully saturated rings. The Kier molecular flexibility index (Phi) is 6.27. The Balaban J connectivity index is 1.51. The van der Waals surface area contributed by atoms with E-state index in [2.05, 4.69) is 5.32 Å². The molecule has 1 unspecified atom stereocenters. The highest BCUT2D eigenvalue weighted by molar-refractivity contribution is 8.00. The lowest BCUT2D eigenvalue weighted by Gasteiger charge is -2.40. The number of rotatable bonds is 5. The molecule has 2 aromatic rings. The van der Waals surface area contributed by atoms with E-state index in [9.17, 15) is 28.2 Å². The number of nitrogens with one attached hydrogen (secondary N) is 1. The number of halogens is 4. The van der Waals surface area contributed by atoms with Crippen LogP contribution < -0.4 is 5.32 Å². The van der Waals surface area contributed by atoms with Crippen LogP contribution in [0.1, 0.15) is 36.0 Å². The lowest BCUT2D eigenvalue weighted by Crippen LogP contribution is -2.44. The number of thioether (sulfide) groups is 1. The van der Waals surface area contributed by atoms with Gasteiger partial charge in [-0.25, -0.2) is 13.2 Å². The predicted molar refractivity (Wildman–Crippen MR) is 113 cm³/mol. The summed E-state index contributed by atoms with van der Waals surface area (Å²) in [6, 6.07) is 6.12. The monoisotopic (exact) mass is 471 g/mol. The summed E-state index contributed by atoms with van der Waals surface area (Å²) in [5, 5.41) is 23.1. The Morgan fingerprint density at radius 1 is 1.13 bits per heavy atom. The minimum Gasteiger partial charge on any atom is -0.393 e. The molecular formula is C22H21ClF3NO3S. The molecule has 0 saturated heterocycles. The van der Waals surface area contributed by atoms with E-state index in [1.807, 2.05) is 0 Å². The highest BCUT2D eigenvalue weighted by atomic mass is 35.5.